The van der Waals surface area contributed by atoms with Crippen molar-refractivity contribution >= 4 is 34.4 Å². The van der Waals surface area contributed by atoms with E-state index in [0.717, 1.165) is 32.2 Å². The van der Waals surface area contributed by atoms with Crippen molar-refractivity contribution < 1.29 is 23.0 Å². The van der Waals surface area contributed by atoms with E-state index in [0.29, 0.717) is 37.3 Å². The molecule has 38 heavy (non-hydrogen) atoms. The van der Waals surface area contributed by atoms with Gasteiger partial charge in [-0.05, 0) is 53.0 Å². The molecule has 4 saturated heterocycles. The quantitative estimate of drug-likeness (QED) is 0.519. The van der Waals surface area contributed by atoms with Crippen molar-refractivity contribution in [2.24, 2.45) is 0 Å². The molecule has 0 aliphatic carbocycles. The van der Waals surface area contributed by atoms with E-state index in [2.05, 4.69) is 19.8 Å². The first kappa shape index (κ1) is 25.7. The van der Waals surface area contributed by atoms with Gasteiger partial charge < -0.3 is 19.3 Å². The Bertz CT molecular complexity index is 1250. The Hall–Kier alpha value is -2.53. The predicted octanol–water partition coefficient (Wildman–Crippen LogP) is 4.36. The first-order chi connectivity index (χ1) is 18.0. The fourth-order valence-electron chi connectivity index (χ4n) is 6.63. The minimum Gasteiger partial charge on any atom is -0.461 e. The number of rotatable bonds is 4. The molecule has 0 unspecified atom stereocenters. The molecule has 0 aromatic carbocycles. The van der Waals surface area contributed by atoms with Crippen LogP contribution in [-0.4, -0.2) is 93.0 Å². The summed E-state index contributed by atoms with van der Waals surface area (Å²) in [6.07, 6.45) is 4.21. The lowest BCUT2D eigenvalue weighted by molar-refractivity contribution is 0.0209. The molecule has 2 aromatic heterocycles. The minimum atomic E-state index is -0.883. The van der Waals surface area contributed by atoms with Crippen molar-refractivity contribution in [2.45, 2.75) is 82.3 Å². The molecule has 206 valence electrons. The lowest BCUT2D eigenvalue weighted by Crippen LogP contribution is -2.56. The molecule has 0 N–H and O–H groups in total. The van der Waals surface area contributed by atoms with Crippen LogP contribution in [0.4, 0.5) is 19.4 Å². The largest absolute Gasteiger partial charge is 0.461 e. The molecule has 0 saturated carbocycles. The summed E-state index contributed by atoms with van der Waals surface area (Å²) in [5, 5.41) is 0.162. The van der Waals surface area contributed by atoms with Crippen molar-refractivity contribution in [3.8, 4) is 6.01 Å². The molecule has 1 amide bonds. The Morgan fingerprint density at radius 1 is 1.21 bits per heavy atom. The number of aromatic nitrogens is 3. The van der Waals surface area contributed by atoms with Crippen LogP contribution in [0.3, 0.4) is 0 Å². The molecule has 4 aliphatic heterocycles. The second-order valence-corrected chi connectivity index (χ2v) is 12.4. The van der Waals surface area contributed by atoms with Gasteiger partial charge in [-0.25, -0.2) is 18.6 Å². The van der Waals surface area contributed by atoms with Gasteiger partial charge in [-0.1, -0.05) is 11.6 Å². The van der Waals surface area contributed by atoms with E-state index in [1.165, 1.54) is 6.20 Å². The van der Waals surface area contributed by atoms with Gasteiger partial charge in [0.2, 0.25) is 0 Å². The molecule has 0 spiro atoms. The highest BCUT2D eigenvalue weighted by atomic mass is 35.5. The number of anilines is 1. The lowest BCUT2D eigenvalue weighted by atomic mass is 9.95. The normalized spacial score (nSPS) is 29.3. The molecule has 4 atom stereocenters. The van der Waals surface area contributed by atoms with Crippen LogP contribution in [0.5, 0.6) is 6.01 Å². The summed E-state index contributed by atoms with van der Waals surface area (Å²) < 4.78 is 41.1. The van der Waals surface area contributed by atoms with Crippen molar-refractivity contribution in [2.75, 3.05) is 37.7 Å². The van der Waals surface area contributed by atoms with Crippen LogP contribution >= 0.6 is 11.6 Å². The number of nitrogens with zero attached hydrogens (tertiary/aromatic N) is 6. The van der Waals surface area contributed by atoms with Crippen molar-refractivity contribution in [3.05, 3.63) is 17.2 Å². The van der Waals surface area contributed by atoms with Gasteiger partial charge in [0, 0.05) is 44.3 Å². The zero-order valence-corrected chi connectivity index (χ0v) is 22.7. The summed E-state index contributed by atoms with van der Waals surface area (Å²) in [7, 11) is 0. The monoisotopic (exact) mass is 550 g/mol. The van der Waals surface area contributed by atoms with Crippen LogP contribution in [0, 0.1) is 5.82 Å². The van der Waals surface area contributed by atoms with Crippen molar-refractivity contribution in [1.82, 2.24) is 24.8 Å². The molecule has 9 nitrogen and oxygen atoms in total. The van der Waals surface area contributed by atoms with Gasteiger partial charge in [0.1, 0.15) is 29.7 Å². The highest BCUT2D eigenvalue weighted by Gasteiger charge is 2.49. The Labute approximate surface area is 225 Å². The Morgan fingerprint density at radius 2 is 1.95 bits per heavy atom. The van der Waals surface area contributed by atoms with Gasteiger partial charge in [-0.3, -0.25) is 4.90 Å². The predicted molar refractivity (Wildman–Crippen MR) is 138 cm³/mol. The summed E-state index contributed by atoms with van der Waals surface area (Å²) >= 11 is 6.02. The molecule has 6 rings (SSSR count). The number of fused-ring (bicyclic) bond motifs is 4. The van der Waals surface area contributed by atoms with Crippen LogP contribution in [-0.2, 0) is 4.74 Å². The minimum absolute atomic E-state index is 0.0306. The number of hydrogen-bond acceptors (Lipinski definition) is 8. The van der Waals surface area contributed by atoms with Crippen molar-refractivity contribution in [1.29, 1.82) is 0 Å². The zero-order valence-electron chi connectivity index (χ0n) is 21.9. The Morgan fingerprint density at radius 3 is 2.66 bits per heavy atom. The maximum atomic E-state index is 15.2. The number of pyridine rings is 1. The van der Waals surface area contributed by atoms with E-state index in [9.17, 15) is 9.18 Å². The second kappa shape index (κ2) is 9.29. The molecule has 2 bridgehead atoms. The van der Waals surface area contributed by atoms with Crippen LogP contribution in [0.25, 0.3) is 10.9 Å². The van der Waals surface area contributed by atoms with Crippen LogP contribution < -0.4 is 9.64 Å². The topological polar surface area (TPSA) is 83.9 Å². The van der Waals surface area contributed by atoms with E-state index >= 15 is 4.39 Å². The number of amides is 1. The molecule has 0 radical (unpaired) electrons. The SMILES string of the molecule is CC(C)(C)OC(=O)N1C[C@H]2CC[C@@H](C1)N2c1nc(OC[C@@]23CCCN2C[C@H](F)C3)nc2c(F)c(Cl)ncc12. The van der Waals surface area contributed by atoms with Crippen molar-refractivity contribution in [3.63, 3.8) is 0 Å². The molecule has 4 aliphatic rings. The third-order valence-electron chi connectivity index (χ3n) is 8.21. The summed E-state index contributed by atoms with van der Waals surface area (Å²) in [6, 6.07) is -0.0276. The van der Waals surface area contributed by atoms with E-state index < -0.39 is 17.6 Å². The average molecular weight is 551 g/mol. The summed E-state index contributed by atoms with van der Waals surface area (Å²) in [5.74, 6) is -0.220. The molecular weight excluding hydrogens is 518 g/mol. The average Bonchev–Trinajstić information content (AvgIpc) is 3.45. The Kier molecular flexibility index (Phi) is 6.29. The highest BCUT2D eigenvalue weighted by Crippen LogP contribution is 2.42. The Balaban J connectivity index is 1.31. The zero-order chi connectivity index (χ0) is 26.8. The maximum Gasteiger partial charge on any atom is 0.410 e. The van der Waals surface area contributed by atoms with Gasteiger partial charge >= 0.3 is 12.1 Å². The molecular formula is C26H33ClF2N6O3. The number of likely N-dealkylation sites (tertiary alicyclic amines) is 1. The van der Waals surface area contributed by atoms with E-state index in [-0.39, 0.29) is 47.0 Å². The van der Waals surface area contributed by atoms with E-state index in [4.69, 9.17) is 26.1 Å². The number of carbonyl (C=O) groups excluding carboxylic acids is 1. The third kappa shape index (κ3) is 4.51. The summed E-state index contributed by atoms with van der Waals surface area (Å²) in [5.41, 5.74) is -0.931. The third-order valence-corrected chi connectivity index (χ3v) is 8.47. The van der Waals surface area contributed by atoms with Gasteiger partial charge in [0.25, 0.3) is 0 Å². The van der Waals surface area contributed by atoms with Crippen LogP contribution in [0.1, 0.15) is 52.9 Å². The molecule has 6 heterocycles. The first-order valence-electron chi connectivity index (χ1n) is 13.3. The van der Waals surface area contributed by atoms with Gasteiger partial charge in [-0.2, -0.15) is 9.97 Å². The fraction of sp³-hybridized carbons (Fsp3) is 0.692. The van der Waals surface area contributed by atoms with Gasteiger partial charge in [0.15, 0.2) is 11.0 Å². The number of ether oxygens (including phenoxy) is 2. The van der Waals surface area contributed by atoms with Crippen LogP contribution in [0.2, 0.25) is 5.15 Å². The molecule has 2 aromatic rings. The molecule has 4 fully saturated rings. The lowest BCUT2D eigenvalue weighted by Gasteiger charge is -2.42. The standard InChI is InChI=1S/C26H33ClF2N6O3/c1-25(2,3)38-24(36)33-12-16-5-6-17(13-33)35(16)22-18-10-30-21(27)19(29)20(18)31-23(32-22)37-14-26-7-4-8-34(26)11-15(28)9-26/h10,15-17H,4-9,11-14H2,1-3H3/t15-,16-,17+,26+/m1/s1. The number of halogens is 3. The molecule has 12 heteroatoms. The van der Waals surface area contributed by atoms with E-state index in [1.54, 1.807) is 4.90 Å². The number of hydrogen-bond donors (Lipinski definition) is 0. The first-order valence-corrected chi connectivity index (χ1v) is 13.7. The number of piperazine rings is 1. The van der Waals surface area contributed by atoms with Gasteiger partial charge in [-0.15, -0.1) is 0 Å². The van der Waals surface area contributed by atoms with E-state index in [1.807, 2.05) is 20.8 Å². The second-order valence-electron chi connectivity index (χ2n) is 12.0. The summed E-state index contributed by atoms with van der Waals surface area (Å²) in [4.78, 5) is 32.0. The highest BCUT2D eigenvalue weighted by molar-refractivity contribution is 6.30. The van der Waals surface area contributed by atoms with Gasteiger partial charge in [0.05, 0.1) is 10.9 Å². The maximum absolute atomic E-state index is 15.2. The smallest absolute Gasteiger partial charge is 0.410 e. The van der Waals surface area contributed by atoms with Crippen LogP contribution in [0.15, 0.2) is 6.20 Å². The summed E-state index contributed by atoms with van der Waals surface area (Å²) in [6.45, 7) is 7.96. The number of alkyl halides is 1. The number of carbonyl (C=O) groups is 1. The fourth-order valence-corrected chi connectivity index (χ4v) is 6.77.